The van der Waals surface area contributed by atoms with Gasteiger partial charge in [0.05, 0.1) is 11.4 Å². The largest absolute Gasteiger partial charge is 0.489 e. The molecule has 1 unspecified atom stereocenters. The minimum absolute atomic E-state index is 0.141. The molecule has 0 aliphatic carbocycles. The van der Waals surface area contributed by atoms with Gasteiger partial charge in [0.15, 0.2) is 0 Å². The summed E-state index contributed by atoms with van der Waals surface area (Å²) in [5.41, 5.74) is 2.43. The molecule has 0 spiro atoms. The fraction of sp³-hybridized carbons (Fsp3) is 0.421. The Hall–Kier alpha value is -2.12. The highest BCUT2D eigenvalue weighted by Crippen LogP contribution is 2.26. The highest BCUT2D eigenvalue weighted by molar-refractivity contribution is 7.89. The van der Waals surface area contributed by atoms with Crippen molar-refractivity contribution in [2.24, 2.45) is 7.05 Å². The van der Waals surface area contributed by atoms with Crippen molar-refractivity contribution < 1.29 is 13.2 Å². The number of pyridine rings is 1. The van der Waals surface area contributed by atoms with Crippen molar-refractivity contribution in [2.75, 3.05) is 13.1 Å². The van der Waals surface area contributed by atoms with E-state index in [4.69, 9.17) is 4.74 Å². The Labute approximate surface area is 154 Å². The van der Waals surface area contributed by atoms with Gasteiger partial charge in [-0.15, -0.1) is 0 Å². The number of hydrogen-bond donors (Lipinski definition) is 0. The first-order valence-electron chi connectivity index (χ1n) is 8.60. The van der Waals surface area contributed by atoms with Crippen LogP contribution in [0.4, 0.5) is 0 Å². The Balaban J connectivity index is 1.77. The van der Waals surface area contributed by atoms with E-state index in [1.807, 2.05) is 32.9 Å². The molecule has 6 nitrogen and oxygen atoms in total. The monoisotopic (exact) mass is 376 g/mol. The first-order chi connectivity index (χ1) is 12.2. The van der Waals surface area contributed by atoms with Gasteiger partial charge in [-0.1, -0.05) is 17.7 Å². The van der Waals surface area contributed by atoms with Crippen LogP contribution in [0.3, 0.4) is 0 Å². The number of sulfonamides is 1. The standard InChI is InChI=1S/C19H24N2O4S/c1-13-5-6-18(14(2)9-13)26(23,24)21-8-7-16(12-21)25-17-10-15(3)20(4)19(22)11-17/h5-6,9-11,16H,7-8,12H2,1-4H3. The molecule has 1 saturated heterocycles. The lowest BCUT2D eigenvalue weighted by Crippen LogP contribution is -2.31. The summed E-state index contributed by atoms with van der Waals surface area (Å²) in [6.07, 6.45) is 0.334. The highest BCUT2D eigenvalue weighted by atomic mass is 32.2. The molecule has 0 N–H and O–H groups in total. The molecular weight excluding hydrogens is 352 g/mol. The van der Waals surface area contributed by atoms with E-state index in [2.05, 4.69) is 0 Å². The van der Waals surface area contributed by atoms with Crippen LogP contribution in [0.1, 0.15) is 23.2 Å². The Morgan fingerprint density at radius 1 is 1.12 bits per heavy atom. The molecule has 0 amide bonds. The molecule has 1 aromatic carbocycles. The molecule has 1 aromatic heterocycles. The first-order valence-corrected chi connectivity index (χ1v) is 10.0. The Bertz CT molecular complexity index is 995. The normalized spacial score (nSPS) is 18.2. The SMILES string of the molecule is Cc1ccc(S(=O)(=O)N2CCC(Oc3cc(C)n(C)c(=O)c3)C2)c(C)c1. The average Bonchev–Trinajstić information content (AvgIpc) is 3.01. The van der Waals surface area contributed by atoms with Gasteiger partial charge in [-0.3, -0.25) is 4.79 Å². The number of benzene rings is 1. The van der Waals surface area contributed by atoms with Crippen molar-refractivity contribution in [2.45, 2.75) is 38.2 Å². The lowest BCUT2D eigenvalue weighted by Gasteiger charge is -2.19. The molecule has 140 valence electrons. The van der Waals surface area contributed by atoms with E-state index in [0.29, 0.717) is 23.6 Å². The van der Waals surface area contributed by atoms with Crippen molar-refractivity contribution in [3.05, 3.63) is 57.5 Å². The fourth-order valence-electron chi connectivity index (χ4n) is 3.24. The van der Waals surface area contributed by atoms with Crippen LogP contribution in [0.5, 0.6) is 5.75 Å². The van der Waals surface area contributed by atoms with Gasteiger partial charge in [0, 0.05) is 25.4 Å². The maximum absolute atomic E-state index is 12.9. The van der Waals surface area contributed by atoms with Crippen molar-refractivity contribution in [1.82, 2.24) is 8.87 Å². The van der Waals surface area contributed by atoms with E-state index in [-0.39, 0.29) is 18.2 Å². The summed E-state index contributed by atoms with van der Waals surface area (Å²) in [6, 6.07) is 8.58. The molecule has 0 radical (unpaired) electrons. The molecule has 3 rings (SSSR count). The van der Waals surface area contributed by atoms with Crippen LogP contribution in [-0.4, -0.2) is 36.5 Å². The molecule has 2 aromatic rings. The number of hydrogen-bond acceptors (Lipinski definition) is 4. The van der Waals surface area contributed by atoms with Crippen molar-refractivity contribution in [3.8, 4) is 5.75 Å². The predicted molar refractivity (Wildman–Crippen MR) is 100 cm³/mol. The topological polar surface area (TPSA) is 68.6 Å². The number of aryl methyl sites for hydroxylation is 3. The Morgan fingerprint density at radius 3 is 2.50 bits per heavy atom. The van der Waals surface area contributed by atoms with Crippen LogP contribution in [0, 0.1) is 20.8 Å². The molecular formula is C19H24N2O4S. The van der Waals surface area contributed by atoms with Crippen LogP contribution in [0.25, 0.3) is 0 Å². The molecule has 1 atom stereocenters. The van der Waals surface area contributed by atoms with Crippen LogP contribution >= 0.6 is 0 Å². The Kier molecular flexibility index (Phi) is 4.94. The van der Waals surface area contributed by atoms with Gasteiger partial charge in [0.25, 0.3) is 5.56 Å². The van der Waals surface area contributed by atoms with E-state index in [1.54, 1.807) is 23.7 Å². The third-order valence-electron chi connectivity index (χ3n) is 4.84. The van der Waals surface area contributed by atoms with E-state index in [9.17, 15) is 13.2 Å². The maximum Gasteiger partial charge on any atom is 0.254 e. The maximum atomic E-state index is 12.9. The van der Waals surface area contributed by atoms with Crippen molar-refractivity contribution in [3.63, 3.8) is 0 Å². The van der Waals surface area contributed by atoms with Crippen LogP contribution in [0.2, 0.25) is 0 Å². The van der Waals surface area contributed by atoms with Gasteiger partial charge in [0.1, 0.15) is 11.9 Å². The van der Waals surface area contributed by atoms with Gasteiger partial charge < -0.3 is 9.30 Å². The molecule has 0 saturated carbocycles. The van der Waals surface area contributed by atoms with E-state index in [1.165, 1.54) is 10.4 Å². The van der Waals surface area contributed by atoms with Gasteiger partial charge in [-0.2, -0.15) is 4.31 Å². The number of aromatic nitrogens is 1. The first kappa shape index (κ1) is 18.7. The second-order valence-electron chi connectivity index (χ2n) is 6.89. The summed E-state index contributed by atoms with van der Waals surface area (Å²) >= 11 is 0. The van der Waals surface area contributed by atoms with Gasteiger partial charge >= 0.3 is 0 Å². The zero-order valence-corrected chi connectivity index (χ0v) is 16.3. The van der Waals surface area contributed by atoms with E-state index < -0.39 is 10.0 Å². The molecule has 7 heteroatoms. The molecule has 1 aliphatic rings. The summed E-state index contributed by atoms with van der Waals surface area (Å²) in [4.78, 5) is 12.2. The summed E-state index contributed by atoms with van der Waals surface area (Å²) in [5.74, 6) is 0.487. The molecule has 0 bridgehead atoms. The van der Waals surface area contributed by atoms with Crippen LogP contribution in [0.15, 0.2) is 40.0 Å². The third kappa shape index (κ3) is 3.54. The molecule has 1 fully saturated rings. The zero-order chi connectivity index (χ0) is 19.1. The van der Waals surface area contributed by atoms with E-state index in [0.717, 1.165) is 16.8 Å². The number of nitrogens with zero attached hydrogens (tertiary/aromatic N) is 2. The molecule has 1 aliphatic heterocycles. The lowest BCUT2D eigenvalue weighted by atomic mass is 10.2. The van der Waals surface area contributed by atoms with Gasteiger partial charge in [0.2, 0.25) is 10.0 Å². The third-order valence-corrected chi connectivity index (χ3v) is 6.86. The average molecular weight is 376 g/mol. The van der Waals surface area contributed by atoms with Gasteiger partial charge in [-0.05, 0) is 44.9 Å². The summed E-state index contributed by atoms with van der Waals surface area (Å²) in [6.45, 7) is 6.27. The van der Waals surface area contributed by atoms with Crippen molar-refractivity contribution >= 4 is 10.0 Å². The highest BCUT2D eigenvalue weighted by Gasteiger charge is 2.34. The van der Waals surface area contributed by atoms with E-state index >= 15 is 0 Å². The summed E-state index contributed by atoms with van der Waals surface area (Å²) in [7, 11) is -1.84. The summed E-state index contributed by atoms with van der Waals surface area (Å²) in [5, 5.41) is 0. The fourth-order valence-corrected chi connectivity index (χ4v) is 4.93. The lowest BCUT2D eigenvalue weighted by molar-refractivity contribution is 0.214. The molecule has 26 heavy (non-hydrogen) atoms. The predicted octanol–water partition coefficient (Wildman–Crippen LogP) is 2.15. The zero-order valence-electron chi connectivity index (χ0n) is 15.5. The Morgan fingerprint density at radius 2 is 1.85 bits per heavy atom. The van der Waals surface area contributed by atoms with Gasteiger partial charge in [-0.25, -0.2) is 8.42 Å². The smallest absolute Gasteiger partial charge is 0.254 e. The number of ether oxygens (including phenoxy) is 1. The van der Waals surface area contributed by atoms with Crippen molar-refractivity contribution in [1.29, 1.82) is 0 Å². The van der Waals surface area contributed by atoms with Crippen LogP contribution in [-0.2, 0) is 17.1 Å². The minimum atomic E-state index is -3.55. The van der Waals surface area contributed by atoms with Crippen LogP contribution < -0.4 is 10.3 Å². The number of rotatable bonds is 4. The quantitative estimate of drug-likeness (QED) is 0.820. The second kappa shape index (κ2) is 6.89. The minimum Gasteiger partial charge on any atom is -0.489 e. The second-order valence-corrected chi connectivity index (χ2v) is 8.80. The molecule has 2 heterocycles. The summed E-state index contributed by atoms with van der Waals surface area (Å²) < 4.78 is 34.8.